The van der Waals surface area contributed by atoms with E-state index >= 15 is 0 Å². The number of aromatic nitrogens is 1. The van der Waals surface area contributed by atoms with Crippen molar-refractivity contribution in [1.82, 2.24) is 10.3 Å². The van der Waals surface area contributed by atoms with Crippen LogP contribution < -0.4 is 15.0 Å². The van der Waals surface area contributed by atoms with Crippen LogP contribution in [0.1, 0.15) is 0 Å². The molecular formula is C18H18F3N3O. The van der Waals surface area contributed by atoms with E-state index in [2.05, 4.69) is 19.9 Å². The first-order chi connectivity index (χ1) is 12.0. The molecule has 0 aliphatic carbocycles. The summed E-state index contributed by atoms with van der Waals surface area (Å²) in [4.78, 5) is 6.76. The summed E-state index contributed by atoms with van der Waals surface area (Å²) < 4.78 is 41.0. The van der Waals surface area contributed by atoms with Gasteiger partial charge >= 0.3 is 6.36 Å². The molecule has 2 aliphatic rings. The molecule has 2 fully saturated rings. The molecule has 7 heteroatoms. The maximum Gasteiger partial charge on any atom is 0.573 e. The van der Waals surface area contributed by atoms with E-state index in [1.54, 1.807) is 12.3 Å². The van der Waals surface area contributed by atoms with Gasteiger partial charge in [-0.05, 0) is 36.1 Å². The summed E-state index contributed by atoms with van der Waals surface area (Å²) in [5, 5.41) is 3.41. The van der Waals surface area contributed by atoms with Crippen LogP contribution in [0.5, 0.6) is 5.75 Å². The van der Waals surface area contributed by atoms with E-state index in [0.717, 1.165) is 31.9 Å². The number of anilines is 1. The van der Waals surface area contributed by atoms with Gasteiger partial charge in [-0.3, -0.25) is 4.98 Å². The minimum Gasteiger partial charge on any atom is -0.406 e. The zero-order chi connectivity index (χ0) is 17.4. The normalized spacial score (nSPS) is 22.9. The monoisotopic (exact) mass is 349 g/mol. The van der Waals surface area contributed by atoms with E-state index in [1.807, 2.05) is 12.1 Å². The fraction of sp³-hybridized carbons (Fsp3) is 0.389. The third kappa shape index (κ3) is 3.56. The average molecular weight is 349 g/mol. The van der Waals surface area contributed by atoms with E-state index in [9.17, 15) is 13.2 Å². The van der Waals surface area contributed by atoms with Crippen LogP contribution in [-0.4, -0.2) is 37.5 Å². The Morgan fingerprint density at radius 2 is 1.84 bits per heavy atom. The summed E-state index contributed by atoms with van der Waals surface area (Å²) in [5.74, 6) is 1.14. The predicted octanol–water partition coefficient (Wildman–Crippen LogP) is 3.30. The lowest BCUT2D eigenvalue weighted by molar-refractivity contribution is -0.274. The van der Waals surface area contributed by atoms with Gasteiger partial charge in [-0.2, -0.15) is 0 Å². The molecule has 4 nitrogen and oxygen atoms in total. The number of rotatable bonds is 3. The lowest BCUT2D eigenvalue weighted by atomic mass is 10.0. The summed E-state index contributed by atoms with van der Waals surface area (Å²) in [6, 6.07) is 9.70. The van der Waals surface area contributed by atoms with Crippen molar-refractivity contribution in [2.45, 2.75) is 6.36 Å². The molecule has 25 heavy (non-hydrogen) atoms. The van der Waals surface area contributed by atoms with Crippen molar-refractivity contribution in [2.24, 2.45) is 11.8 Å². The average Bonchev–Trinajstić information content (AvgIpc) is 3.15. The molecule has 0 bridgehead atoms. The smallest absolute Gasteiger partial charge is 0.406 e. The van der Waals surface area contributed by atoms with E-state index < -0.39 is 6.36 Å². The third-order valence-corrected chi connectivity index (χ3v) is 4.87. The Hall–Kier alpha value is -2.28. The summed E-state index contributed by atoms with van der Waals surface area (Å²) in [5.41, 5.74) is 2.27. The SMILES string of the molecule is FC(F)(F)Oc1cccc(-c2ccc(N3CC4CNCC4C3)cn2)c1. The Kier molecular flexibility index (Phi) is 4.03. The first-order valence-electron chi connectivity index (χ1n) is 8.26. The number of nitrogens with one attached hydrogen (secondary N) is 1. The van der Waals surface area contributed by atoms with Gasteiger partial charge in [-0.1, -0.05) is 12.1 Å². The molecule has 2 aromatic rings. The second-order valence-corrected chi connectivity index (χ2v) is 6.56. The van der Waals surface area contributed by atoms with Crippen LogP contribution in [0.3, 0.4) is 0 Å². The number of hydrogen-bond donors (Lipinski definition) is 1. The molecule has 3 heterocycles. The fourth-order valence-corrected chi connectivity index (χ4v) is 3.66. The highest BCUT2D eigenvalue weighted by Crippen LogP contribution is 2.32. The number of hydrogen-bond acceptors (Lipinski definition) is 4. The topological polar surface area (TPSA) is 37.4 Å². The molecule has 132 valence electrons. The number of alkyl halides is 3. The zero-order valence-corrected chi connectivity index (χ0v) is 13.5. The summed E-state index contributed by atoms with van der Waals surface area (Å²) >= 11 is 0. The molecule has 2 unspecified atom stereocenters. The Labute approximate surface area is 143 Å². The van der Waals surface area contributed by atoms with Gasteiger partial charge in [0.25, 0.3) is 0 Å². The van der Waals surface area contributed by atoms with Crippen LogP contribution in [0, 0.1) is 11.8 Å². The standard InChI is InChI=1S/C18H18F3N3O/c19-18(20,21)25-16-3-1-2-12(6-16)17-5-4-15(9-23-17)24-10-13-7-22-8-14(13)11-24/h1-6,9,13-14,22H,7-8,10-11H2. The van der Waals surface area contributed by atoms with Crippen molar-refractivity contribution >= 4 is 5.69 Å². The van der Waals surface area contributed by atoms with Crippen LogP contribution in [-0.2, 0) is 0 Å². The molecule has 1 aromatic heterocycles. The Morgan fingerprint density at radius 1 is 1.08 bits per heavy atom. The molecule has 1 N–H and O–H groups in total. The first kappa shape index (κ1) is 16.2. The number of fused-ring (bicyclic) bond motifs is 1. The van der Waals surface area contributed by atoms with Crippen molar-refractivity contribution in [3.63, 3.8) is 0 Å². The molecule has 1 aromatic carbocycles. The molecule has 2 atom stereocenters. The van der Waals surface area contributed by atoms with Crippen molar-refractivity contribution < 1.29 is 17.9 Å². The summed E-state index contributed by atoms with van der Waals surface area (Å²) in [6.07, 6.45) is -2.90. The number of ether oxygens (including phenoxy) is 1. The van der Waals surface area contributed by atoms with Gasteiger partial charge in [0, 0.05) is 31.7 Å². The molecule has 2 aliphatic heterocycles. The maximum atomic E-state index is 12.4. The molecule has 0 amide bonds. The Bertz CT molecular complexity index is 736. The number of benzene rings is 1. The predicted molar refractivity (Wildman–Crippen MR) is 88.4 cm³/mol. The minimum absolute atomic E-state index is 0.240. The summed E-state index contributed by atoms with van der Waals surface area (Å²) in [6.45, 7) is 4.18. The van der Waals surface area contributed by atoms with Crippen LogP contribution in [0.15, 0.2) is 42.6 Å². The lowest BCUT2D eigenvalue weighted by Gasteiger charge is -2.19. The number of nitrogens with zero attached hydrogens (tertiary/aromatic N) is 2. The van der Waals surface area contributed by atoms with E-state index in [-0.39, 0.29) is 5.75 Å². The van der Waals surface area contributed by atoms with Gasteiger partial charge in [0.15, 0.2) is 0 Å². The number of halogens is 3. The number of pyridine rings is 1. The van der Waals surface area contributed by atoms with Gasteiger partial charge < -0.3 is 15.0 Å². The third-order valence-electron chi connectivity index (χ3n) is 4.87. The highest BCUT2D eigenvalue weighted by atomic mass is 19.4. The quantitative estimate of drug-likeness (QED) is 0.923. The van der Waals surface area contributed by atoms with Gasteiger partial charge in [0.1, 0.15) is 5.75 Å². The molecule has 0 spiro atoms. The van der Waals surface area contributed by atoms with Crippen molar-refractivity contribution in [2.75, 3.05) is 31.1 Å². The van der Waals surface area contributed by atoms with E-state index in [0.29, 0.717) is 23.1 Å². The van der Waals surface area contributed by atoms with E-state index in [4.69, 9.17) is 0 Å². The van der Waals surface area contributed by atoms with Crippen LogP contribution >= 0.6 is 0 Å². The minimum atomic E-state index is -4.70. The van der Waals surface area contributed by atoms with Gasteiger partial charge in [-0.15, -0.1) is 13.2 Å². The second-order valence-electron chi connectivity index (χ2n) is 6.56. The van der Waals surface area contributed by atoms with Crippen LogP contribution in [0.2, 0.25) is 0 Å². The van der Waals surface area contributed by atoms with Gasteiger partial charge in [0.2, 0.25) is 0 Å². The maximum absolute atomic E-state index is 12.4. The Morgan fingerprint density at radius 3 is 2.48 bits per heavy atom. The highest BCUT2D eigenvalue weighted by molar-refractivity contribution is 5.63. The Balaban J connectivity index is 1.50. The van der Waals surface area contributed by atoms with Gasteiger partial charge in [-0.25, -0.2) is 0 Å². The zero-order valence-electron chi connectivity index (χ0n) is 13.5. The van der Waals surface area contributed by atoms with Gasteiger partial charge in [0.05, 0.1) is 17.6 Å². The molecular weight excluding hydrogens is 331 g/mol. The van der Waals surface area contributed by atoms with Crippen molar-refractivity contribution in [3.05, 3.63) is 42.6 Å². The first-order valence-corrected chi connectivity index (χ1v) is 8.26. The highest BCUT2D eigenvalue weighted by Gasteiger charge is 2.36. The van der Waals surface area contributed by atoms with Crippen LogP contribution in [0.4, 0.5) is 18.9 Å². The largest absolute Gasteiger partial charge is 0.573 e. The fourth-order valence-electron chi connectivity index (χ4n) is 3.66. The van der Waals surface area contributed by atoms with Crippen LogP contribution in [0.25, 0.3) is 11.3 Å². The molecule has 0 saturated carbocycles. The van der Waals surface area contributed by atoms with Crippen molar-refractivity contribution in [1.29, 1.82) is 0 Å². The molecule has 0 radical (unpaired) electrons. The molecule has 4 rings (SSSR count). The lowest BCUT2D eigenvalue weighted by Crippen LogP contribution is -2.25. The van der Waals surface area contributed by atoms with E-state index in [1.165, 1.54) is 18.2 Å². The van der Waals surface area contributed by atoms with Crippen molar-refractivity contribution in [3.8, 4) is 17.0 Å². The summed E-state index contributed by atoms with van der Waals surface area (Å²) in [7, 11) is 0. The molecule has 2 saturated heterocycles. The second kappa shape index (κ2) is 6.22.